The molecule has 2 heterocycles. The third kappa shape index (κ3) is 3.74. The molecule has 204 valence electrons. The fourth-order valence-electron chi connectivity index (χ4n) is 7.16. The smallest absolute Gasteiger partial charge is 0.354 e. The van der Waals surface area contributed by atoms with E-state index >= 15 is 0 Å². The maximum Gasteiger partial charge on any atom is 0.406 e. The predicted octanol–water partition coefficient (Wildman–Crippen LogP) is 8.34. The number of hydrogen-bond donors (Lipinski definition) is 0. The number of hydrogen-bond acceptors (Lipinski definition) is 4. The van der Waals surface area contributed by atoms with Crippen LogP contribution in [0.3, 0.4) is 0 Å². The Morgan fingerprint density at radius 2 is 0.833 bits per heavy atom. The molecule has 0 aromatic heterocycles. The van der Waals surface area contributed by atoms with E-state index < -0.39 is 8.56 Å². The van der Waals surface area contributed by atoms with Crippen LogP contribution in [0.5, 0.6) is 0 Å². The third-order valence-electron chi connectivity index (χ3n) is 8.74. The Labute approximate surface area is 248 Å². The van der Waals surface area contributed by atoms with Gasteiger partial charge >= 0.3 is 8.56 Å². The highest BCUT2D eigenvalue weighted by molar-refractivity contribution is 6.93. The molecule has 5 aromatic rings. The highest BCUT2D eigenvalue weighted by Crippen LogP contribution is 2.53. The number of benzene rings is 5. The summed E-state index contributed by atoms with van der Waals surface area (Å²) in [5, 5.41) is 0. The van der Waals surface area contributed by atoms with Gasteiger partial charge in [0.2, 0.25) is 0 Å². The first-order chi connectivity index (χ1) is 20.9. The van der Waals surface area contributed by atoms with Gasteiger partial charge in [0.15, 0.2) is 0 Å². The van der Waals surface area contributed by atoms with Gasteiger partial charge in [-0.25, -0.2) is 0 Å². The van der Waals surface area contributed by atoms with Crippen LogP contribution in [0, 0.1) is 0 Å². The van der Waals surface area contributed by atoms with Crippen LogP contribution in [0.1, 0.15) is 0 Å². The highest BCUT2D eigenvalue weighted by atomic mass is 28.4. The molecule has 1 spiro atoms. The molecule has 0 amide bonds. The first-order valence-corrected chi connectivity index (χ1v) is 16.7. The minimum absolute atomic E-state index is 0.179. The minimum Gasteiger partial charge on any atom is -0.354 e. The van der Waals surface area contributed by atoms with E-state index in [9.17, 15) is 0 Å². The van der Waals surface area contributed by atoms with Gasteiger partial charge in [0.1, 0.15) is 0 Å². The van der Waals surface area contributed by atoms with E-state index in [1.165, 1.54) is 34.1 Å². The van der Waals surface area contributed by atoms with Gasteiger partial charge in [-0.1, -0.05) is 109 Å². The van der Waals surface area contributed by atoms with Crippen LogP contribution in [-0.2, 0) is 0 Å². The van der Waals surface area contributed by atoms with Gasteiger partial charge in [0, 0.05) is 22.7 Å². The SMILES string of the molecule is C1=CC2C(C=C1)N(c1ccccc1)[Si]1(CN(c3ccccc3)c3ccccc3N1c1ccccc1)N2c1ccccc1. The lowest BCUT2D eigenvalue weighted by Crippen LogP contribution is -2.77. The summed E-state index contributed by atoms with van der Waals surface area (Å²) in [6.07, 6.45) is 10.1. The van der Waals surface area contributed by atoms with Crippen LogP contribution in [0.15, 0.2) is 170 Å². The van der Waals surface area contributed by atoms with E-state index in [1.54, 1.807) is 0 Å². The second-order valence-electron chi connectivity index (χ2n) is 11.0. The van der Waals surface area contributed by atoms with Gasteiger partial charge < -0.3 is 18.6 Å². The number of anilines is 6. The fourth-order valence-corrected chi connectivity index (χ4v) is 12.7. The summed E-state index contributed by atoms with van der Waals surface area (Å²) in [4.78, 5) is 2.57. The lowest BCUT2D eigenvalue weighted by Gasteiger charge is -2.56. The first kappa shape index (κ1) is 24.8. The number of para-hydroxylation sites is 6. The summed E-state index contributed by atoms with van der Waals surface area (Å²) < 4.78 is 8.31. The van der Waals surface area contributed by atoms with E-state index in [0.717, 1.165) is 6.17 Å². The third-order valence-corrected chi connectivity index (χ3v) is 13.4. The standard InChI is InChI=1S/C37H32N4Si/c1-5-17-30(18-6-1)38-29-42(39(31-19-7-2-8-20-31)35-26-14-13-25-34(35)38)40(32-21-9-3-10-22-32)36-27-15-16-28-37(36)41(42)33-23-11-4-12-24-33/h1-28,36-37H,29H2. The minimum atomic E-state index is -2.93. The van der Waals surface area contributed by atoms with Crippen molar-refractivity contribution in [3.05, 3.63) is 170 Å². The molecule has 2 atom stereocenters. The average Bonchev–Trinajstić information content (AvgIpc) is 3.35. The monoisotopic (exact) mass is 560 g/mol. The quantitative estimate of drug-likeness (QED) is 0.205. The molecule has 2 aliphatic heterocycles. The molecule has 1 aliphatic carbocycles. The Hall–Kier alpha value is -5.00. The molecule has 0 N–H and O–H groups in total. The molecule has 1 fully saturated rings. The molecule has 5 aromatic carbocycles. The molecule has 1 saturated heterocycles. The van der Waals surface area contributed by atoms with Crippen molar-refractivity contribution >= 4 is 42.7 Å². The van der Waals surface area contributed by atoms with Crippen molar-refractivity contribution < 1.29 is 0 Å². The van der Waals surface area contributed by atoms with Crippen LogP contribution < -0.4 is 18.6 Å². The zero-order valence-electron chi connectivity index (χ0n) is 23.3. The van der Waals surface area contributed by atoms with E-state index in [-0.39, 0.29) is 12.1 Å². The number of allylic oxidation sites excluding steroid dienone is 2. The summed E-state index contributed by atoms with van der Waals surface area (Å²) in [6, 6.07) is 53.4. The Morgan fingerprint density at radius 1 is 0.429 bits per heavy atom. The van der Waals surface area contributed by atoms with E-state index in [1.807, 2.05) is 0 Å². The fraction of sp³-hybridized carbons (Fsp3) is 0.0811. The number of rotatable bonds is 4. The van der Waals surface area contributed by atoms with Crippen LogP contribution in [0.2, 0.25) is 0 Å². The molecule has 8 rings (SSSR count). The largest absolute Gasteiger partial charge is 0.406 e. The van der Waals surface area contributed by atoms with Crippen LogP contribution in [0.4, 0.5) is 34.1 Å². The maximum atomic E-state index is 2.80. The molecule has 5 heteroatoms. The van der Waals surface area contributed by atoms with Gasteiger partial charge in [-0.3, -0.25) is 0 Å². The predicted molar refractivity (Wildman–Crippen MR) is 178 cm³/mol. The number of nitrogens with zero attached hydrogens (tertiary/aromatic N) is 4. The lowest BCUT2D eigenvalue weighted by molar-refractivity contribution is 0.745. The van der Waals surface area contributed by atoms with Crippen LogP contribution >= 0.6 is 0 Å². The molecule has 3 aliphatic rings. The Balaban J connectivity index is 1.50. The van der Waals surface area contributed by atoms with Crippen molar-refractivity contribution in [2.75, 3.05) is 24.8 Å². The Kier molecular flexibility index (Phi) is 5.97. The second-order valence-corrected chi connectivity index (χ2v) is 14.3. The Morgan fingerprint density at radius 3 is 1.33 bits per heavy atom. The van der Waals surface area contributed by atoms with Gasteiger partial charge in [0.25, 0.3) is 0 Å². The summed E-state index contributed by atoms with van der Waals surface area (Å²) >= 11 is 0. The van der Waals surface area contributed by atoms with E-state index in [4.69, 9.17) is 0 Å². The average molecular weight is 561 g/mol. The molecule has 2 unspecified atom stereocenters. The molecular weight excluding hydrogens is 529 g/mol. The van der Waals surface area contributed by atoms with Gasteiger partial charge in [-0.05, 0) is 60.7 Å². The molecule has 0 radical (unpaired) electrons. The summed E-state index contributed by atoms with van der Waals surface area (Å²) in [5.41, 5.74) is 7.41. The summed E-state index contributed by atoms with van der Waals surface area (Å²) in [5.74, 6) is 0. The zero-order valence-corrected chi connectivity index (χ0v) is 24.3. The molecule has 42 heavy (non-hydrogen) atoms. The zero-order chi connectivity index (χ0) is 27.9. The lowest BCUT2D eigenvalue weighted by atomic mass is 10.0. The summed E-state index contributed by atoms with van der Waals surface area (Å²) in [6.45, 7) is 0. The second kappa shape index (κ2) is 10.1. The molecule has 0 bridgehead atoms. The van der Waals surface area contributed by atoms with Crippen LogP contribution in [-0.4, -0.2) is 26.8 Å². The topological polar surface area (TPSA) is 13.0 Å². The van der Waals surface area contributed by atoms with Crippen molar-refractivity contribution in [1.82, 2.24) is 0 Å². The Bertz CT molecular complexity index is 1680. The van der Waals surface area contributed by atoms with Gasteiger partial charge in [-0.2, -0.15) is 0 Å². The van der Waals surface area contributed by atoms with Crippen molar-refractivity contribution in [1.29, 1.82) is 0 Å². The molecule has 4 nitrogen and oxygen atoms in total. The summed E-state index contributed by atoms with van der Waals surface area (Å²) in [7, 11) is -2.93. The van der Waals surface area contributed by atoms with Gasteiger partial charge in [0.05, 0.1) is 29.6 Å². The number of fused-ring (bicyclic) bond motifs is 2. The van der Waals surface area contributed by atoms with E-state index in [0.29, 0.717) is 0 Å². The molecular formula is C37H32N4Si. The normalized spacial score (nSPS) is 22.4. The first-order valence-electron chi connectivity index (χ1n) is 14.7. The molecule has 0 saturated carbocycles. The highest BCUT2D eigenvalue weighted by Gasteiger charge is 2.66. The van der Waals surface area contributed by atoms with Crippen LogP contribution in [0.25, 0.3) is 0 Å². The van der Waals surface area contributed by atoms with Crippen molar-refractivity contribution in [2.24, 2.45) is 0 Å². The van der Waals surface area contributed by atoms with Crippen molar-refractivity contribution in [3.63, 3.8) is 0 Å². The van der Waals surface area contributed by atoms with Crippen molar-refractivity contribution in [2.45, 2.75) is 12.1 Å². The maximum absolute atomic E-state index is 2.93. The van der Waals surface area contributed by atoms with E-state index in [2.05, 4.69) is 188 Å². The van der Waals surface area contributed by atoms with Crippen molar-refractivity contribution in [3.8, 4) is 0 Å². The van der Waals surface area contributed by atoms with Gasteiger partial charge in [-0.15, -0.1) is 0 Å².